The van der Waals surface area contributed by atoms with Crippen molar-refractivity contribution in [3.8, 4) is 0 Å². The number of hydrogen-bond donors (Lipinski definition) is 1. The Morgan fingerprint density at radius 3 is 2.69 bits per heavy atom. The molecule has 0 fully saturated rings. The van der Waals surface area contributed by atoms with E-state index in [4.69, 9.17) is 5.11 Å². The summed E-state index contributed by atoms with van der Waals surface area (Å²) in [4.78, 5) is 17.0. The van der Waals surface area contributed by atoms with E-state index >= 15 is 0 Å². The van der Waals surface area contributed by atoms with Gasteiger partial charge in [0, 0.05) is 6.20 Å². The quantitative estimate of drug-likeness (QED) is 0.750. The van der Waals surface area contributed by atoms with Gasteiger partial charge in [0.2, 0.25) is 0 Å². The number of hydrogen-bond acceptors (Lipinski definition) is 3. The van der Waals surface area contributed by atoms with E-state index in [9.17, 15) is 13.6 Å². The molecule has 0 atom stereocenters. The zero-order valence-corrected chi connectivity index (χ0v) is 6.66. The largest absolute Gasteiger partial charge is 0.477 e. The Morgan fingerprint density at radius 2 is 2.23 bits per heavy atom. The Bertz CT molecular complexity index is 341. The highest BCUT2D eigenvalue weighted by molar-refractivity contribution is 5.77. The molecular weight excluding hydrogens is 182 g/mol. The van der Waals surface area contributed by atoms with Crippen molar-refractivity contribution >= 4 is 5.97 Å². The molecule has 6 heteroatoms. The van der Waals surface area contributed by atoms with Crippen LogP contribution in [0.1, 0.15) is 11.3 Å². The lowest BCUT2D eigenvalue weighted by Crippen LogP contribution is -2.26. The van der Waals surface area contributed by atoms with Gasteiger partial charge in [0.1, 0.15) is 6.33 Å². The molecule has 0 aliphatic heterocycles. The first-order valence-corrected chi connectivity index (χ1v) is 3.34. The van der Waals surface area contributed by atoms with E-state index in [-0.39, 0.29) is 5.69 Å². The van der Waals surface area contributed by atoms with Crippen LogP contribution in [0, 0.1) is 6.92 Å². The normalized spacial score (nSPS) is 11.3. The minimum absolute atomic E-state index is 0.0394. The van der Waals surface area contributed by atoms with E-state index in [1.54, 1.807) is 0 Å². The monoisotopic (exact) mass is 188 g/mol. The summed E-state index contributed by atoms with van der Waals surface area (Å²) < 4.78 is 25.7. The van der Waals surface area contributed by atoms with Gasteiger partial charge in [-0.1, -0.05) is 0 Å². The average Bonchev–Trinajstić information content (AvgIpc) is 2.04. The Morgan fingerprint density at radius 1 is 1.62 bits per heavy atom. The fourth-order valence-electron chi connectivity index (χ4n) is 0.814. The Balaban J connectivity index is 3.22. The lowest BCUT2D eigenvalue weighted by Gasteiger charge is -2.11. The molecule has 0 radical (unpaired) electrons. The molecular formula is C7H6F2N2O2. The van der Waals surface area contributed by atoms with Gasteiger partial charge < -0.3 is 5.11 Å². The van der Waals surface area contributed by atoms with Crippen molar-refractivity contribution in [2.75, 3.05) is 0 Å². The fraction of sp³-hybridized carbons (Fsp3) is 0.286. The lowest BCUT2D eigenvalue weighted by molar-refractivity contribution is -0.166. The zero-order chi connectivity index (χ0) is 10.1. The minimum atomic E-state index is -3.93. The number of rotatable bonds is 2. The van der Waals surface area contributed by atoms with E-state index in [1.165, 1.54) is 6.92 Å². The summed E-state index contributed by atoms with van der Waals surface area (Å²) in [7, 11) is 0. The number of carboxylic acid groups (broad SMARTS) is 1. The number of carbonyl (C=O) groups is 1. The van der Waals surface area contributed by atoms with Crippen LogP contribution in [-0.2, 0) is 10.7 Å². The number of alkyl halides is 2. The molecule has 0 saturated heterocycles. The van der Waals surface area contributed by atoms with Crippen LogP contribution in [0.2, 0.25) is 0 Å². The molecule has 4 nitrogen and oxygen atoms in total. The van der Waals surface area contributed by atoms with E-state index in [1.807, 2.05) is 0 Å². The summed E-state index contributed by atoms with van der Waals surface area (Å²) in [6, 6.07) is 0. The molecule has 0 spiro atoms. The molecule has 1 heterocycles. The van der Waals surface area contributed by atoms with Crippen LogP contribution in [0.5, 0.6) is 0 Å². The number of aromatic nitrogens is 2. The van der Waals surface area contributed by atoms with E-state index in [0.29, 0.717) is 0 Å². The molecule has 1 aromatic rings. The van der Waals surface area contributed by atoms with Gasteiger partial charge in [-0.15, -0.1) is 0 Å². The topological polar surface area (TPSA) is 63.1 Å². The van der Waals surface area contributed by atoms with Crippen molar-refractivity contribution in [3.05, 3.63) is 23.8 Å². The van der Waals surface area contributed by atoms with Crippen molar-refractivity contribution in [1.82, 2.24) is 9.97 Å². The molecule has 0 amide bonds. The molecule has 70 valence electrons. The van der Waals surface area contributed by atoms with Crippen LogP contribution in [0.4, 0.5) is 8.78 Å². The van der Waals surface area contributed by atoms with Gasteiger partial charge in [-0.25, -0.2) is 14.8 Å². The van der Waals surface area contributed by atoms with Gasteiger partial charge >= 0.3 is 11.9 Å². The third-order valence-corrected chi connectivity index (χ3v) is 1.52. The number of nitrogens with zero attached hydrogens (tertiary/aromatic N) is 2. The summed E-state index contributed by atoms with van der Waals surface area (Å²) >= 11 is 0. The molecule has 0 aliphatic rings. The van der Waals surface area contributed by atoms with Gasteiger partial charge in [-0.2, -0.15) is 8.78 Å². The molecule has 0 unspecified atom stereocenters. The van der Waals surface area contributed by atoms with Gasteiger partial charge in [0.15, 0.2) is 0 Å². The van der Waals surface area contributed by atoms with Gasteiger partial charge in [0.25, 0.3) is 0 Å². The second-order valence-corrected chi connectivity index (χ2v) is 2.40. The first kappa shape index (κ1) is 9.50. The van der Waals surface area contributed by atoms with Crippen LogP contribution in [0.25, 0.3) is 0 Å². The fourth-order valence-corrected chi connectivity index (χ4v) is 0.814. The number of aryl methyl sites for hydroxylation is 1. The van der Waals surface area contributed by atoms with E-state index in [0.717, 1.165) is 12.5 Å². The molecule has 1 rings (SSSR count). The van der Waals surface area contributed by atoms with Gasteiger partial charge in [-0.05, 0) is 6.92 Å². The van der Waals surface area contributed by atoms with Crippen molar-refractivity contribution in [1.29, 1.82) is 0 Å². The molecule has 0 aromatic carbocycles. The van der Waals surface area contributed by atoms with Crippen molar-refractivity contribution in [3.63, 3.8) is 0 Å². The maximum Gasteiger partial charge on any atom is 0.379 e. The van der Waals surface area contributed by atoms with E-state index < -0.39 is 17.5 Å². The molecule has 0 saturated carbocycles. The van der Waals surface area contributed by atoms with Crippen LogP contribution in [-0.4, -0.2) is 21.0 Å². The maximum atomic E-state index is 12.9. The molecule has 1 N–H and O–H groups in total. The highest BCUT2D eigenvalue weighted by Gasteiger charge is 2.42. The van der Waals surface area contributed by atoms with Crippen LogP contribution < -0.4 is 0 Å². The highest BCUT2D eigenvalue weighted by Crippen LogP contribution is 2.28. The molecule has 0 bridgehead atoms. The minimum Gasteiger partial charge on any atom is -0.477 e. The Kier molecular flexibility index (Phi) is 2.22. The number of carboxylic acids is 1. The predicted octanol–water partition coefficient (Wildman–Crippen LogP) is 0.961. The van der Waals surface area contributed by atoms with E-state index in [2.05, 4.69) is 9.97 Å². The molecule has 1 aromatic heterocycles. The summed E-state index contributed by atoms with van der Waals surface area (Å²) in [5.74, 6) is -6.13. The second kappa shape index (κ2) is 3.04. The molecule has 13 heavy (non-hydrogen) atoms. The third kappa shape index (κ3) is 1.61. The van der Waals surface area contributed by atoms with Crippen LogP contribution in [0.3, 0.4) is 0 Å². The third-order valence-electron chi connectivity index (χ3n) is 1.52. The number of halogens is 2. The first-order valence-electron chi connectivity index (χ1n) is 3.34. The lowest BCUT2D eigenvalue weighted by atomic mass is 10.1. The van der Waals surface area contributed by atoms with Crippen molar-refractivity contribution < 1.29 is 18.7 Å². The van der Waals surface area contributed by atoms with Crippen LogP contribution in [0.15, 0.2) is 12.5 Å². The number of aliphatic carboxylic acids is 1. The van der Waals surface area contributed by atoms with Crippen molar-refractivity contribution in [2.45, 2.75) is 12.8 Å². The average molecular weight is 188 g/mol. The standard InChI is InChI=1S/C7H6F2N2O2/c1-4-5(2-10-3-11-4)7(8,9)6(12)13/h2-3H,1H3,(H,12,13). The highest BCUT2D eigenvalue weighted by atomic mass is 19.3. The summed E-state index contributed by atoms with van der Waals surface area (Å²) in [5.41, 5.74) is -0.718. The van der Waals surface area contributed by atoms with Crippen molar-refractivity contribution in [2.24, 2.45) is 0 Å². The van der Waals surface area contributed by atoms with Crippen LogP contribution >= 0.6 is 0 Å². The smallest absolute Gasteiger partial charge is 0.379 e. The second-order valence-electron chi connectivity index (χ2n) is 2.40. The van der Waals surface area contributed by atoms with Gasteiger partial charge in [0.05, 0.1) is 11.3 Å². The summed E-state index contributed by atoms with van der Waals surface area (Å²) in [5, 5.41) is 8.21. The Hall–Kier alpha value is -1.59. The molecule has 0 aliphatic carbocycles. The van der Waals surface area contributed by atoms with Gasteiger partial charge in [-0.3, -0.25) is 0 Å². The zero-order valence-electron chi connectivity index (χ0n) is 6.66. The summed E-state index contributed by atoms with van der Waals surface area (Å²) in [6.07, 6.45) is 1.88. The summed E-state index contributed by atoms with van der Waals surface area (Å²) in [6.45, 7) is 1.30. The predicted molar refractivity (Wildman–Crippen MR) is 38.3 cm³/mol. The maximum absolute atomic E-state index is 12.9. The first-order chi connectivity index (χ1) is 5.96. The SMILES string of the molecule is Cc1ncncc1C(F)(F)C(=O)O. The Labute approximate surface area is 72.3 Å².